The number of ether oxygens (including phenoxy) is 2. The number of piperidine rings is 1. The molecule has 1 N–H and O–H groups in total. The fourth-order valence-corrected chi connectivity index (χ4v) is 5.32. The SMILES string of the molecule is COc1cccc(-c2cc3c(cc2C2CCN(C)CC2C)N2C(=NNC(=O)C2C)CO3)c1F. The maximum Gasteiger partial charge on any atom is 0.262 e. The number of anilines is 1. The summed E-state index contributed by atoms with van der Waals surface area (Å²) in [7, 11) is 3.61. The van der Waals surface area contributed by atoms with Crippen molar-refractivity contribution in [1.82, 2.24) is 10.3 Å². The highest BCUT2D eigenvalue weighted by molar-refractivity contribution is 6.09. The van der Waals surface area contributed by atoms with E-state index in [1.54, 1.807) is 18.2 Å². The Morgan fingerprint density at radius 3 is 2.82 bits per heavy atom. The van der Waals surface area contributed by atoms with E-state index in [0.29, 0.717) is 23.1 Å². The molecule has 0 aliphatic carbocycles. The Bertz CT molecular complexity index is 1130. The number of nitrogens with zero attached hydrogens (tertiary/aromatic N) is 3. The van der Waals surface area contributed by atoms with Crippen LogP contribution in [0.4, 0.5) is 10.1 Å². The number of hydrogen-bond acceptors (Lipinski definition) is 6. The van der Waals surface area contributed by atoms with E-state index in [2.05, 4.69) is 35.5 Å². The lowest BCUT2D eigenvalue weighted by Crippen LogP contribution is -2.55. The molecule has 1 amide bonds. The Balaban J connectivity index is 1.71. The molecule has 0 saturated carbocycles. The lowest BCUT2D eigenvalue weighted by atomic mass is 9.78. The fourth-order valence-electron chi connectivity index (χ4n) is 5.32. The Hall–Kier alpha value is -3.13. The summed E-state index contributed by atoms with van der Waals surface area (Å²) in [5.74, 6) is 1.57. The predicted octanol–water partition coefficient (Wildman–Crippen LogP) is 3.59. The summed E-state index contributed by atoms with van der Waals surface area (Å²) in [6, 6.07) is 8.81. The van der Waals surface area contributed by atoms with Crippen molar-refractivity contribution < 1.29 is 18.7 Å². The van der Waals surface area contributed by atoms with Gasteiger partial charge >= 0.3 is 0 Å². The smallest absolute Gasteiger partial charge is 0.262 e. The van der Waals surface area contributed by atoms with Gasteiger partial charge in [-0.1, -0.05) is 19.1 Å². The second-order valence-corrected chi connectivity index (χ2v) is 9.20. The molecule has 3 unspecified atom stereocenters. The van der Waals surface area contributed by atoms with E-state index >= 15 is 4.39 Å². The summed E-state index contributed by atoms with van der Waals surface area (Å²) in [6.45, 7) is 6.27. The molecule has 3 aliphatic rings. The van der Waals surface area contributed by atoms with Crippen LogP contribution in [-0.4, -0.2) is 56.5 Å². The predicted molar refractivity (Wildman–Crippen MR) is 125 cm³/mol. The topological polar surface area (TPSA) is 66.4 Å². The molecule has 0 radical (unpaired) electrons. The number of fused-ring (bicyclic) bond motifs is 3. The molecule has 8 heteroatoms. The van der Waals surface area contributed by atoms with Gasteiger partial charge in [0.15, 0.2) is 17.4 Å². The number of halogens is 1. The number of carbonyl (C=O) groups excluding carboxylic acids is 1. The number of benzene rings is 2. The number of hydrazone groups is 1. The second-order valence-electron chi connectivity index (χ2n) is 9.20. The van der Waals surface area contributed by atoms with Gasteiger partial charge in [0.1, 0.15) is 18.4 Å². The van der Waals surface area contributed by atoms with Crippen LogP contribution in [0.5, 0.6) is 11.5 Å². The van der Waals surface area contributed by atoms with Gasteiger partial charge in [-0.15, -0.1) is 0 Å². The first-order valence-electron chi connectivity index (χ1n) is 11.4. The van der Waals surface area contributed by atoms with E-state index in [1.807, 2.05) is 17.9 Å². The first-order chi connectivity index (χ1) is 15.9. The van der Waals surface area contributed by atoms with Crippen LogP contribution in [-0.2, 0) is 4.79 Å². The summed E-state index contributed by atoms with van der Waals surface area (Å²) in [6.07, 6.45) is 0.965. The van der Waals surface area contributed by atoms with Crippen molar-refractivity contribution in [3.8, 4) is 22.6 Å². The number of amides is 1. The third-order valence-electron chi connectivity index (χ3n) is 7.07. The number of amidine groups is 1. The molecular weight excluding hydrogens is 423 g/mol. The van der Waals surface area contributed by atoms with Crippen molar-refractivity contribution >= 4 is 17.4 Å². The highest BCUT2D eigenvalue weighted by Crippen LogP contribution is 2.46. The van der Waals surface area contributed by atoms with Gasteiger partial charge in [-0.05, 0) is 68.1 Å². The molecule has 0 aromatic heterocycles. The number of hydrogen-bond donors (Lipinski definition) is 1. The summed E-state index contributed by atoms with van der Waals surface area (Å²) in [4.78, 5) is 16.6. The van der Waals surface area contributed by atoms with E-state index in [1.165, 1.54) is 7.11 Å². The van der Waals surface area contributed by atoms with Gasteiger partial charge in [0.2, 0.25) is 0 Å². The zero-order chi connectivity index (χ0) is 23.3. The Morgan fingerprint density at radius 1 is 1.24 bits per heavy atom. The molecule has 1 fully saturated rings. The highest BCUT2D eigenvalue weighted by atomic mass is 19.1. The van der Waals surface area contributed by atoms with Gasteiger partial charge in [0, 0.05) is 12.1 Å². The van der Waals surface area contributed by atoms with E-state index in [-0.39, 0.29) is 30.0 Å². The number of methoxy groups -OCH3 is 1. The molecule has 3 heterocycles. The summed E-state index contributed by atoms with van der Waals surface area (Å²) in [5.41, 5.74) is 5.73. The second kappa shape index (κ2) is 8.33. The van der Waals surface area contributed by atoms with Crippen LogP contribution in [0.3, 0.4) is 0 Å². The highest BCUT2D eigenvalue weighted by Gasteiger charge is 2.37. The van der Waals surface area contributed by atoms with Crippen molar-refractivity contribution in [3.63, 3.8) is 0 Å². The minimum Gasteiger partial charge on any atom is -0.494 e. The standard InChI is InChI=1S/C25H29FN4O3/c1-14-12-29(3)9-8-16(14)18-10-20-22(33-13-23-27-28-25(31)15(2)30(20)23)11-19(18)17-6-5-7-21(32-4)24(17)26/h5-7,10-11,14-16H,8-9,12-13H2,1-4H3,(H,28,31). The third kappa shape index (κ3) is 3.62. The molecule has 174 valence electrons. The molecule has 33 heavy (non-hydrogen) atoms. The average Bonchev–Trinajstić information content (AvgIpc) is 2.80. The van der Waals surface area contributed by atoms with Gasteiger partial charge < -0.3 is 19.3 Å². The van der Waals surface area contributed by atoms with E-state index in [0.717, 1.165) is 36.3 Å². The van der Waals surface area contributed by atoms with Crippen molar-refractivity contribution in [2.75, 3.05) is 38.8 Å². The fraction of sp³-hybridized carbons (Fsp3) is 0.440. The Labute approximate surface area is 193 Å². The number of likely N-dealkylation sites (tertiary alicyclic amines) is 1. The van der Waals surface area contributed by atoms with Gasteiger partial charge in [0.25, 0.3) is 5.91 Å². The lowest BCUT2D eigenvalue weighted by Gasteiger charge is -2.40. The van der Waals surface area contributed by atoms with Crippen LogP contribution in [0.15, 0.2) is 35.4 Å². The van der Waals surface area contributed by atoms with Crippen molar-refractivity contribution in [2.24, 2.45) is 11.0 Å². The minimum absolute atomic E-state index is 0.163. The average molecular weight is 453 g/mol. The molecule has 1 saturated heterocycles. The van der Waals surface area contributed by atoms with E-state index < -0.39 is 6.04 Å². The van der Waals surface area contributed by atoms with Crippen LogP contribution < -0.4 is 19.8 Å². The Kier molecular flexibility index (Phi) is 5.48. The molecule has 3 atom stereocenters. The molecule has 0 spiro atoms. The molecular formula is C25H29FN4O3. The lowest BCUT2D eigenvalue weighted by molar-refractivity contribution is -0.122. The minimum atomic E-state index is -0.415. The zero-order valence-electron chi connectivity index (χ0n) is 19.4. The number of rotatable bonds is 3. The first-order valence-corrected chi connectivity index (χ1v) is 11.4. The summed E-state index contributed by atoms with van der Waals surface area (Å²) >= 11 is 0. The maximum absolute atomic E-state index is 15.4. The Morgan fingerprint density at radius 2 is 2.06 bits per heavy atom. The molecule has 0 bridgehead atoms. The van der Waals surface area contributed by atoms with Gasteiger partial charge in [0.05, 0.1) is 12.8 Å². The third-order valence-corrected chi connectivity index (χ3v) is 7.07. The molecule has 5 rings (SSSR count). The van der Waals surface area contributed by atoms with Crippen LogP contribution >= 0.6 is 0 Å². The van der Waals surface area contributed by atoms with Gasteiger partial charge in [-0.25, -0.2) is 9.82 Å². The van der Waals surface area contributed by atoms with Crippen LogP contribution in [0.2, 0.25) is 0 Å². The summed E-state index contributed by atoms with van der Waals surface area (Å²) in [5, 5.41) is 4.20. The number of carbonyl (C=O) groups is 1. The molecule has 3 aliphatic heterocycles. The zero-order valence-corrected chi connectivity index (χ0v) is 19.4. The van der Waals surface area contributed by atoms with Crippen LogP contribution in [0.1, 0.15) is 31.7 Å². The van der Waals surface area contributed by atoms with Crippen LogP contribution in [0, 0.1) is 11.7 Å². The van der Waals surface area contributed by atoms with Crippen molar-refractivity contribution in [3.05, 3.63) is 41.7 Å². The van der Waals surface area contributed by atoms with Crippen molar-refractivity contribution in [2.45, 2.75) is 32.2 Å². The van der Waals surface area contributed by atoms with Gasteiger partial charge in [-0.3, -0.25) is 4.79 Å². The largest absolute Gasteiger partial charge is 0.494 e. The van der Waals surface area contributed by atoms with Crippen LogP contribution in [0.25, 0.3) is 11.1 Å². The normalized spacial score (nSPS) is 24.9. The van der Waals surface area contributed by atoms with E-state index in [9.17, 15) is 4.79 Å². The van der Waals surface area contributed by atoms with Crippen molar-refractivity contribution in [1.29, 1.82) is 0 Å². The van der Waals surface area contributed by atoms with Gasteiger partial charge in [-0.2, -0.15) is 5.10 Å². The molecule has 2 aromatic carbocycles. The quantitative estimate of drug-likeness (QED) is 0.771. The summed E-state index contributed by atoms with van der Waals surface area (Å²) < 4.78 is 26.7. The first kappa shape index (κ1) is 21.7. The molecule has 7 nitrogen and oxygen atoms in total. The maximum atomic E-state index is 15.4. The monoisotopic (exact) mass is 452 g/mol. The van der Waals surface area contributed by atoms with E-state index in [4.69, 9.17) is 9.47 Å². The number of nitrogens with one attached hydrogen (secondary N) is 1. The molecule has 2 aromatic rings.